The van der Waals surface area contributed by atoms with Gasteiger partial charge in [0.05, 0.1) is 11.7 Å². The summed E-state index contributed by atoms with van der Waals surface area (Å²) < 4.78 is 0. The molecule has 0 unspecified atom stereocenters. The van der Waals surface area contributed by atoms with E-state index in [-0.39, 0.29) is 0 Å². The Morgan fingerprint density at radius 3 is 2.75 bits per heavy atom. The average Bonchev–Trinajstić information content (AvgIpc) is 2.73. The first-order chi connectivity index (χ1) is 7.83. The molecule has 0 amide bonds. The topological polar surface area (TPSA) is 47.1 Å². The zero-order chi connectivity index (χ0) is 11.0. The van der Waals surface area contributed by atoms with Gasteiger partial charge in [0.25, 0.3) is 0 Å². The van der Waals surface area contributed by atoms with E-state index >= 15 is 0 Å². The van der Waals surface area contributed by atoms with Crippen LogP contribution in [-0.2, 0) is 0 Å². The van der Waals surface area contributed by atoms with E-state index in [2.05, 4.69) is 16.3 Å². The Labute approximate surface area is 94.6 Å². The van der Waals surface area contributed by atoms with E-state index in [1.807, 2.05) is 23.0 Å². The van der Waals surface area contributed by atoms with Crippen LogP contribution in [0.25, 0.3) is 10.9 Å². The lowest BCUT2D eigenvalue weighted by Crippen LogP contribution is -2.39. The van der Waals surface area contributed by atoms with E-state index in [0.717, 1.165) is 29.7 Å². The van der Waals surface area contributed by atoms with Gasteiger partial charge in [0.2, 0.25) is 0 Å². The van der Waals surface area contributed by atoms with Crippen molar-refractivity contribution in [3.05, 3.63) is 24.4 Å². The molecule has 4 heteroatoms. The number of rotatable bonds is 1. The fourth-order valence-electron chi connectivity index (χ4n) is 2.26. The number of hydrogen-bond acceptors (Lipinski definition) is 3. The second kappa shape index (κ2) is 3.70. The van der Waals surface area contributed by atoms with Crippen molar-refractivity contribution in [2.45, 2.75) is 19.3 Å². The molecule has 16 heavy (non-hydrogen) atoms. The highest BCUT2D eigenvalue weighted by Crippen LogP contribution is 2.17. The van der Waals surface area contributed by atoms with Crippen LogP contribution in [0.2, 0.25) is 0 Å². The minimum absolute atomic E-state index is 0.797. The number of nitrogens with zero attached hydrogens (tertiary/aromatic N) is 3. The van der Waals surface area contributed by atoms with Crippen molar-refractivity contribution in [2.24, 2.45) is 0 Å². The second-order valence-corrected chi connectivity index (χ2v) is 4.38. The van der Waals surface area contributed by atoms with Crippen LogP contribution in [0, 0.1) is 0 Å². The van der Waals surface area contributed by atoms with E-state index in [1.165, 1.54) is 19.3 Å². The van der Waals surface area contributed by atoms with Crippen molar-refractivity contribution < 1.29 is 0 Å². The maximum atomic E-state index is 5.76. The van der Waals surface area contributed by atoms with Crippen LogP contribution in [0.5, 0.6) is 0 Å². The third kappa shape index (κ3) is 1.60. The molecule has 1 saturated heterocycles. The lowest BCUT2D eigenvalue weighted by atomic mass is 10.2. The van der Waals surface area contributed by atoms with Gasteiger partial charge in [-0.1, -0.05) is 0 Å². The second-order valence-electron chi connectivity index (χ2n) is 4.38. The Morgan fingerprint density at radius 2 is 1.94 bits per heavy atom. The summed E-state index contributed by atoms with van der Waals surface area (Å²) in [6, 6.07) is 5.85. The van der Waals surface area contributed by atoms with Gasteiger partial charge in [0, 0.05) is 24.2 Å². The van der Waals surface area contributed by atoms with Crippen molar-refractivity contribution >= 4 is 16.6 Å². The van der Waals surface area contributed by atoms with Crippen LogP contribution < -0.4 is 10.7 Å². The molecule has 1 aliphatic rings. The molecule has 2 aromatic rings. The van der Waals surface area contributed by atoms with Gasteiger partial charge in [0.15, 0.2) is 0 Å². The fourth-order valence-corrected chi connectivity index (χ4v) is 2.26. The van der Waals surface area contributed by atoms with Gasteiger partial charge in [-0.3, -0.25) is 5.01 Å². The van der Waals surface area contributed by atoms with E-state index in [4.69, 9.17) is 5.73 Å². The van der Waals surface area contributed by atoms with Gasteiger partial charge in [-0.25, -0.2) is 0 Å². The van der Waals surface area contributed by atoms with Crippen molar-refractivity contribution in [3.8, 4) is 0 Å². The van der Waals surface area contributed by atoms with E-state index < -0.39 is 0 Å². The summed E-state index contributed by atoms with van der Waals surface area (Å²) in [5.74, 6) is 0. The molecule has 0 atom stereocenters. The number of fused-ring (bicyclic) bond motifs is 1. The highest BCUT2D eigenvalue weighted by molar-refractivity contribution is 5.81. The SMILES string of the molecule is Nc1ccc2nn(N3CCCCC3)cc2c1. The van der Waals surface area contributed by atoms with Gasteiger partial charge >= 0.3 is 0 Å². The summed E-state index contributed by atoms with van der Waals surface area (Å²) in [4.78, 5) is 1.98. The van der Waals surface area contributed by atoms with Crippen LogP contribution in [0.15, 0.2) is 24.4 Å². The van der Waals surface area contributed by atoms with E-state index in [9.17, 15) is 0 Å². The molecule has 3 rings (SSSR count). The molecule has 2 N–H and O–H groups in total. The van der Waals surface area contributed by atoms with E-state index in [1.54, 1.807) is 0 Å². The van der Waals surface area contributed by atoms with Crippen LogP contribution in [-0.4, -0.2) is 23.0 Å². The first-order valence-corrected chi connectivity index (χ1v) is 5.83. The van der Waals surface area contributed by atoms with Crippen molar-refractivity contribution in [3.63, 3.8) is 0 Å². The molecule has 1 aromatic heterocycles. The van der Waals surface area contributed by atoms with Crippen molar-refractivity contribution in [2.75, 3.05) is 23.8 Å². The molecule has 1 aliphatic heterocycles. The molecule has 4 nitrogen and oxygen atoms in total. The number of aromatic nitrogens is 2. The molecule has 0 radical (unpaired) electrons. The number of piperidine rings is 1. The molecule has 1 aromatic carbocycles. The Kier molecular flexibility index (Phi) is 2.20. The number of hydrogen-bond donors (Lipinski definition) is 1. The average molecular weight is 216 g/mol. The normalized spacial score (nSPS) is 16.9. The monoisotopic (exact) mass is 216 g/mol. The van der Waals surface area contributed by atoms with Crippen LogP contribution in [0.4, 0.5) is 5.69 Å². The first-order valence-electron chi connectivity index (χ1n) is 5.83. The molecule has 1 fully saturated rings. The number of nitrogens with two attached hydrogens (primary N) is 1. The first kappa shape index (κ1) is 9.51. The Morgan fingerprint density at radius 1 is 1.12 bits per heavy atom. The highest BCUT2D eigenvalue weighted by Gasteiger charge is 2.11. The quantitative estimate of drug-likeness (QED) is 0.739. The maximum absolute atomic E-state index is 5.76. The molecular formula is C12H16N4. The number of nitrogen functional groups attached to an aromatic ring is 1. The summed E-state index contributed by atoms with van der Waals surface area (Å²) >= 11 is 0. The molecular weight excluding hydrogens is 200 g/mol. The van der Waals surface area contributed by atoms with Gasteiger partial charge in [-0.05, 0) is 37.5 Å². The standard InChI is InChI=1S/C12H16N4/c13-11-4-5-12-10(8-11)9-16(14-12)15-6-2-1-3-7-15/h4-5,8-9H,1-3,6-7,13H2. The van der Waals surface area contributed by atoms with Gasteiger partial charge < -0.3 is 5.73 Å². The molecule has 0 saturated carbocycles. The number of anilines is 1. The molecule has 0 spiro atoms. The van der Waals surface area contributed by atoms with Crippen molar-refractivity contribution in [1.29, 1.82) is 0 Å². The van der Waals surface area contributed by atoms with Crippen LogP contribution in [0.1, 0.15) is 19.3 Å². The van der Waals surface area contributed by atoms with Crippen LogP contribution >= 0.6 is 0 Å². The molecule has 2 heterocycles. The van der Waals surface area contributed by atoms with Gasteiger partial charge in [0.1, 0.15) is 0 Å². The maximum Gasteiger partial charge on any atom is 0.0945 e. The summed E-state index contributed by atoms with van der Waals surface area (Å²) in [5.41, 5.74) is 7.57. The lowest BCUT2D eigenvalue weighted by molar-refractivity contribution is 0.451. The molecule has 0 bridgehead atoms. The van der Waals surface area contributed by atoms with Gasteiger partial charge in [-0.2, -0.15) is 9.89 Å². The zero-order valence-corrected chi connectivity index (χ0v) is 9.26. The van der Waals surface area contributed by atoms with Crippen LogP contribution in [0.3, 0.4) is 0 Å². The van der Waals surface area contributed by atoms with Crippen molar-refractivity contribution in [1.82, 2.24) is 9.89 Å². The van der Waals surface area contributed by atoms with Gasteiger partial charge in [-0.15, -0.1) is 0 Å². The summed E-state index contributed by atoms with van der Waals surface area (Å²) in [6.45, 7) is 2.20. The summed E-state index contributed by atoms with van der Waals surface area (Å²) in [6.07, 6.45) is 5.93. The minimum Gasteiger partial charge on any atom is -0.399 e. The largest absolute Gasteiger partial charge is 0.399 e. The Bertz CT molecular complexity index is 497. The zero-order valence-electron chi connectivity index (χ0n) is 9.26. The molecule has 0 aliphatic carbocycles. The summed E-state index contributed by atoms with van der Waals surface area (Å²) in [7, 11) is 0. The Hall–Kier alpha value is -1.71. The third-order valence-corrected chi connectivity index (χ3v) is 3.14. The fraction of sp³-hybridized carbons (Fsp3) is 0.417. The predicted octanol–water partition coefficient (Wildman–Crippen LogP) is 1.74. The third-order valence-electron chi connectivity index (χ3n) is 3.14. The van der Waals surface area contributed by atoms with E-state index in [0.29, 0.717) is 0 Å². The Balaban J connectivity index is 1.97. The predicted molar refractivity (Wildman–Crippen MR) is 65.9 cm³/mol. The summed E-state index contributed by atoms with van der Waals surface area (Å²) in [5, 5.41) is 7.97. The highest BCUT2D eigenvalue weighted by atomic mass is 15.6. The lowest BCUT2D eigenvalue weighted by Gasteiger charge is -2.27. The number of benzene rings is 1. The molecule has 84 valence electrons. The minimum atomic E-state index is 0.797. The smallest absolute Gasteiger partial charge is 0.0945 e.